The number of amides is 1. The van der Waals surface area contributed by atoms with Crippen LogP contribution in [-0.2, 0) is 10.3 Å². The van der Waals surface area contributed by atoms with Crippen LogP contribution in [0.15, 0.2) is 139 Å². The maximum atomic E-state index is 15.3. The zero-order valence-corrected chi connectivity index (χ0v) is 34.5. The Bertz CT molecular complexity index is 2440. The van der Waals surface area contributed by atoms with E-state index in [4.69, 9.17) is 26.6 Å². The Balaban J connectivity index is 1.03. The lowest BCUT2D eigenvalue weighted by Gasteiger charge is -2.44. The van der Waals surface area contributed by atoms with Crippen LogP contribution in [0, 0.1) is 12.7 Å². The molecule has 0 saturated carbocycles. The van der Waals surface area contributed by atoms with Crippen molar-refractivity contribution in [1.82, 2.24) is 24.7 Å². The predicted molar refractivity (Wildman–Crippen MR) is 234 cm³/mol. The number of rotatable bonds is 8. The van der Waals surface area contributed by atoms with Crippen molar-refractivity contribution >= 4 is 34.8 Å². The maximum Gasteiger partial charge on any atom is 0.241 e. The predicted octanol–water partition coefficient (Wildman–Crippen LogP) is 9.43. The van der Waals surface area contributed by atoms with E-state index in [-0.39, 0.29) is 23.9 Å². The van der Waals surface area contributed by atoms with Crippen molar-refractivity contribution in [3.8, 4) is 11.3 Å². The number of hydrogen-bond donors (Lipinski definition) is 0. The Labute approximate surface area is 350 Å². The number of piperazine rings is 1. The summed E-state index contributed by atoms with van der Waals surface area (Å²) < 4.78 is 15.3. The molecule has 4 aromatic carbocycles. The Hall–Kier alpha value is -5.90. The second-order valence-electron chi connectivity index (χ2n) is 16.0. The highest BCUT2D eigenvalue weighted by Crippen LogP contribution is 2.49. The van der Waals surface area contributed by atoms with Crippen molar-refractivity contribution in [1.29, 1.82) is 0 Å². The molecule has 2 saturated heterocycles. The molecule has 0 radical (unpaired) electrons. The summed E-state index contributed by atoms with van der Waals surface area (Å²) in [6, 6.07) is 41.7. The summed E-state index contributed by atoms with van der Waals surface area (Å²) in [5.74, 6) is 1.30. The normalized spacial score (nSPS) is 19.1. The quantitative estimate of drug-likeness (QED) is 0.113. The van der Waals surface area contributed by atoms with E-state index in [1.165, 1.54) is 6.07 Å². The van der Waals surface area contributed by atoms with Gasteiger partial charge in [0.1, 0.15) is 30.2 Å². The van der Waals surface area contributed by atoms with Gasteiger partial charge in [-0.3, -0.25) is 14.7 Å². The molecule has 2 aromatic heterocycles. The molecule has 1 amide bonds. The second-order valence-corrected chi connectivity index (χ2v) is 16.4. The molecule has 3 aliphatic heterocycles. The van der Waals surface area contributed by atoms with Crippen LogP contribution in [0.2, 0.25) is 5.02 Å². The van der Waals surface area contributed by atoms with Gasteiger partial charge in [-0.05, 0) is 66.3 Å². The molecule has 1 unspecified atom stereocenters. The third kappa shape index (κ3) is 6.76. The molecule has 298 valence electrons. The van der Waals surface area contributed by atoms with Crippen LogP contribution in [0.1, 0.15) is 60.2 Å². The number of aryl methyl sites for hydroxylation is 1. The van der Waals surface area contributed by atoms with E-state index >= 15 is 4.39 Å². The van der Waals surface area contributed by atoms with E-state index in [9.17, 15) is 4.79 Å². The van der Waals surface area contributed by atoms with Crippen LogP contribution >= 0.6 is 11.6 Å². The third-order valence-corrected chi connectivity index (χ3v) is 12.3. The minimum absolute atomic E-state index is 0.0587. The molecule has 0 N–H and O–H groups in total. The molecule has 10 heteroatoms. The zero-order valence-electron chi connectivity index (χ0n) is 33.8. The molecular formula is C49H47ClFN7O. The fourth-order valence-electron chi connectivity index (χ4n) is 9.19. The van der Waals surface area contributed by atoms with Gasteiger partial charge in [0.2, 0.25) is 5.91 Å². The van der Waals surface area contributed by atoms with Crippen molar-refractivity contribution < 1.29 is 9.18 Å². The number of carbonyl (C=O) groups excluding carboxylic acids is 1. The molecular weight excluding hydrogens is 757 g/mol. The van der Waals surface area contributed by atoms with E-state index in [0.717, 1.165) is 45.0 Å². The Kier molecular flexibility index (Phi) is 10.3. The maximum absolute atomic E-state index is 15.3. The van der Waals surface area contributed by atoms with E-state index in [0.29, 0.717) is 54.9 Å². The minimum Gasteiger partial charge on any atom is -0.350 e. The molecule has 3 aliphatic rings. The number of nitrogens with zero attached hydrogens (tertiary/aromatic N) is 7. The first-order valence-corrected chi connectivity index (χ1v) is 20.8. The van der Waals surface area contributed by atoms with Crippen molar-refractivity contribution in [2.75, 3.05) is 37.7 Å². The van der Waals surface area contributed by atoms with Crippen molar-refractivity contribution in [2.45, 2.75) is 51.2 Å². The van der Waals surface area contributed by atoms with Crippen LogP contribution in [0.5, 0.6) is 0 Å². The van der Waals surface area contributed by atoms with E-state index in [2.05, 4.69) is 115 Å². The van der Waals surface area contributed by atoms with Gasteiger partial charge in [-0.15, -0.1) is 0 Å². The van der Waals surface area contributed by atoms with Gasteiger partial charge < -0.3 is 14.7 Å². The minimum atomic E-state index is -0.639. The van der Waals surface area contributed by atoms with E-state index in [1.54, 1.807) is 18.2 Å². The average molecular weight is 804 g/mol. The summed E-state index contributed by atoms with van der Waals surface area (Å²) in [4.78, 5) is 38.5. The lowest BCUT2D eigenvalue weighted by atomic mass is 9.76. The van der Waals surface area contributed by atoms with Crippen molar-refractivity contribution in [2.24, 2.45) is 4.99 Å². The first-order chi connectivity index (χ1) is 28.7. The summed E-state index contributed by atoms with van der Waals surface area (Å²) in [6.07, 6.45) is 1.84. The number of halogens is 2. The lowest BCUT2D eigenvalue weighted by molar-refractivity contribution is -0.133. The van der Waals surface area contributed by atoms with Crippen molar-refractivity contribution in [3.05, 3.63) is 178 Å². The molecule has 0 bridgehead atoms. The number of hydrogen-bond acceptors (Lipinski definition) is 7. The monoisotopic (exact) mass is 803 g/mol. The van der Waals surface area contributed by atoms with Gasteiger partial charge in [-0.1, -0.05) is 129 Å². The highest BCUT2D eigenvalue weighted by atomic mass is 35.5. The number of pyridine rings is 2. The molecule has 59 heavy (non-hydrogen) atoms. The number of fused-ring (bicyclic) bond motifs is 1. The Morgan fingerprint density at radius 1 is 0.814 bits per heavy atom. The standard InChI is InChI=1S/C49H47ClFN7O/c1-32(2)43-45(33(3)24-25-52-43)57-31-53-46(39-28-40(50)44(54-47(39)57)38-22-14-15-23-41(38)51)56-27-26-55(29-34(56)4)48(59)42-30-58(42)49(35-16-8-5-9-17-35,36-18-10-6-11-19-36)37-20-12-7-13-21-37/h5-25,28,32,34,42H,26-27,29-31H2,1-4H3/t34-,42?,58+/m0/s1. The molecule has 5 heterocycles. The summed E-state index contributed by atoms with van der Waals surface area (Å²) in [6.45, 7) is 11.0. The average Bonchev–Trinajstić information content (AvgIpc) is 4.06. The Morgan fingerprint density at radius 3 is 2.02 bits per heavy atom. The van der Waals surface area contributed by atoms with Gasteiger partial charge in [0.05, 0.1) is 33.2 Å². The van der Waals surface area contributed by atoms with Gasteiger partial charge in [0.15, 0.2) is 0 Å². The van der Waals surface area contributed by atoms with Gasteiger partial charge in [0.25, 0.3) is 0 Å². The van der Waals surface area contributed by atoms with Crippen LogP contribution in [0.4, 0.5) is 15.9 Å². The number of carbonyl (C=O) groups is 1. The van der Waals surface area contributed by atoms with Gasteiger partial charge >= 0.3 is 0 Å². The summed E-state index contributed by atoms with van der Waals surface area (Å²) in [5, 5.41) is 0.337. The fraction of sp³-hybridized carbons (Fsp3) is 0.265. The summed E-state index contributed by atoms with van der Waals surface area (Å²) >= 11 is 7.01. The van der Waals surface area contributed by atoms with Crippen LogP contribution < -0.4 is 4.90 Å². The molecule has 9 rings (SSSR count). The summed E-state index contributed by atoms with van der Waals surface area (Å²) in [7, 11) is 0. The van der Waals surface area contributed by atoms with Crippen molar-refractivity contribution in [3.63, 3.8) is 0 Å². The number of amidine groups is 1. The number of benzene rings is 4. The first kappa shape index (κ1) is 38.6. The highest BCUT2D eigenvalue weighted by molar-refractivity contribution is 6.33. The van der Waals surface area contributed by atoms with Gasteiger partial charge in [0, 0.05) is 44.0 Å². The molecule has 0 aliphatic carbocycles. The zero-order chi connectivity index (χ0) is 40.8. The topological polar surface area (TPSA) is 67.9 Å². The van der Waals surface area contributed by atoms with E-state index in [1.807, 2.05) is 41.4 Å². The number of anilines is 2. The largest absolute Gasteiger partial charge is 0.350 e. The third-order valence-electron chi connectivity index (χ3n) is 12.0. The Morgan fingerprint density at radius 2 is 1.42 bits per heavy atom. The number of aromatic nitrogens is 2. The molecule has 8 nitrogen and oxygen atoms in total. The SMILES string of the molecule is Cc1ccnc(C(C)C)c1N1CN=C(N2CCN(C(=O)C3C[N@@]3C(c3ccccc3)(c3ccccc3)c3ccccc3)C[C@@H]2C)c2cc(Cl)c(-c3ccccc3F)nc21. The van der Waals surface area contributed by atoms with Crippen LogP contribution in [0.3, 0.4) is 0 Å². The van der Waals surface area contributed by atoms with Gasteiger partial charge in [-0.2, -0.15) is 0 Å². The van der Waals surface area contributed by atoms with Crippen LogP contribution in [0.25, 0.3) is 11.3 Å². The smallest absolute Gasteiger partial charge is 0.241 e. The lowest BCUT2D eigenvalue weighted by Crippen LogP contribution is -2.57. The first-order valence-electron chi connectivity index (χ1n) is 20.4. The fourth-order valence-corrected chi connectivity index (χ4v) is 9.44. The molecule has 2 fully saturated rings. The molecule has 3 atom stereocenters. The van der Waals surface area contributed by atoms with Gasteiger partial charge in [-0.25, -0.2) is 14.4 Å². The summed E-state index contributed by atoms with van der Waals surface area (Å²) in [5.41, 5.74) is 7.13. The van der Waals surface area contributed by atoms with Crippen LogP contribution in [-0.4, -0.2) is 81.3 Å². The highest BCUT2D eigenvalue weighted by Gasteiger charge is 2.57. The second kappa shape index (κ2) is 15.7. The van der Waals surface area contributed by atoms with E-state index < -0.39 is 11.4 Å². The molecule has 0 spiro atoms. The number of aliphatic imine (C=N–C) groups is 1. The molecule has 6 aromatic rings.